The van der Waals surface area contributed by atoms with E-state index in [-0.39, 0.29) is 5.91 Å². The van der Waals surface area contributed by atoms with Crippen LogP contribution >= 0.6 is 0 Å². The second kappa shape index (κ2) is 6.74. The smallest absolute Gasteiger partial charge is 0.251 e. The molecule has 19 heavy (non-hydrogen) atoms. The predicted octanol–water partition coefficient (Wildman–Crippen LogP) is 4.26. The number of rotatable bonds is 7. The molecule has 0 bridgehead atoms. The molecule has 0 radical (unpaired) electrons. The van der Waals surface area contributed by atoms with E-state index in [1.165, 1.54) is 31.2 Å². The summed E-state index contributed by atoms with van der Waals surface area (Å²) in [4.78, 5) is 12.2. The first kappa shape index (κ1) is 14.1. The maximum atomic E-state index is 12.2. The maximum Gasteiger partial charge on any atom is 0.251 e. The SMILES string of the molecule is CCCCC(CC)NC(=O)c1ccc(C2CC2)cc1. The van der Waals surface area contributed by atoms with Crippen LogP contribution in [0.5, 0.6) is 0 Å². The fraction of sp³-hybridized carbons (Fsp3) is 0.588. The summed E-state index contributed by atoms with van der Waals surface area (Å²) < 4.78 is 0. The lowest BCUT2D eigenvalue weighted by Gasteiger charge is -2.16. The van der Waals surface area contributed by atoms with Gasteiger partial charge < -0.3 is 5.32 Å². The number of nitrogens with one attached hydrogen (secondary N) is 1. The third-order valence-electron chi connectivity index (χ3n) is 3.96. The highest BCUT2D eigenvalue weighted by atomic mass is 16.1. The van der Waals surface area contributed by atoms with Crippen LogP contribution in [0.25, 0.3) is 0 Å². The minimum Gasteiger partial charge on any atom is -0.349 e. The van der Waals surface area contributed by atoms with Gasteiger partial charge in [-0.05, 0) is 49.3 Å². The molecular weight excluding hydrogens is 234 g/mol. The Hall–Kier alpha value is -1.31. The Morgan fingerprint density at radius 2 is 1.95 bits per heavy atom. The van der Waals surface area contributed by atoms with Crippen molar-refractivity contribution in [1.29, 1.82) is 0 Å². The first-order chi connectivity index (χ1) is 9.24. The van der Waals surface area contributed by atoms with Crippen LogP contribution in [-0.2, 0) is 0 Å². The molecule has 1 fully saturated rings. The number of carbonyl (C=O) groups is 1. The molecule has 0 spiro atoms. The fourth-order valence-corrected chi connectivity index (χ4v) is 2.42. The highest BCUT2D eigenvalue weighted by Gasteiger charge is 2.23. The van der Waals surface area contributed by atoms with Gasteiger partial charge in [-0.2, -0.15) is 0 Å². The maximum absolute atomic E-state index is 12.2. The molecule has 1 atom stereocenters. The quantitative estimate of drug-likeness (QED) is 0.778. The summed E-state index contributed by atoms with van der Waals surface area (Å²) in [6, 6.07) is 8.47. The van der Waals surface area contributed by atoms with Crippen LogP contribution in [0.2, 0.25) is 0 Å². The molecule has 1 aliphatic carbocycles. The normalized spacial score (nSPS) is 16.1. The first-order valence-corrected chi connectivity index (χ1v) is 7.65. The minimum absolute atomic E-state index is 0.0744. The van der Waals surface area contributed by atoms with Crippen LogP contribution in [0.3, 0.4) is 0 Å². The zero-order chi connectivity index (χ0) is 13.7. The van der Waals surface area contributed by atoms with Gasteiger partial charge in [0, 0.05) is 11.6 Å². The van der Waals surface area contributed by atoms with E-state index < -0.39 is 0 Å². The Morgan fingerprint density at radius 3 is 2.47 bits per heavy atom. The van der Waals surface area contributed by atoms with Crippen molar-refractivity contribution in [2.24, 2.45) is 0 Å². The average Bonchev–Trinajstić information content (AvgIpc) is 3.28. The lowest BCUT2D eigenvalue weighted by atomic mass is 10.1. The van der Waals surface area contributed by atoms with Gasteiger partial charge in [0.2, 0.25) is 0 Å². The van der Waals surface area contributed by atoms with Crippen molar-refractivity contribution in [3.63, 3.8) is 0 Å². The third-order valence-corrected chi connectivity index (χ3v) is 3.96. The molecule has 0 heterocycles. The number of benzene rings is 1. The minimum atomic E-state index is 0.0744. The van der Waals surface area contributed by atoms with Crippen molar-refractivity contribution in [1.82, 2.24) is 5.32 Å². The molecular formula is C17H25NO. The summed E-state index contributed by atoms with van der Waals surface area (Å²) in [5.74, 6) is 0.829. The predicted molar refractivity (Wildman–Crippen MR) is 79.5 cm³/mol. The summed E-state index contributed by atoms with van der Waals surface area (Å²) in [6.07, 6.45) is 7.06. The average molecular weight is 259 g/mol. The molecule has 1 aliphatic rings. The molecule has 2 nitrogen and oxygen atoms in total. The van der Waals surface area contributed by atoms with Crippen LogP contribution in [0, 0.1) is 0 Å². The fourth-order valence-electron chi connectivity index (χ4n) is 2.42. The van der Waals surface area contributed by atoms with E-state index in [1.54, 1.807) is 0 Å². The molecule has 2 heteroatoms. The highest BCUT2D eigenvalue weighted by molar-refractivity contribution is 5.94. The van der Waals surface area contributed by atoms with Crippen molar-refractivity contribution in [2.75, 3.05) is 0 Å². The van der Waals surface area contributed by atoms with Crippen molar-refractivity contribution in [3.8, 4) is 0 Å². The molecule has 104 valence electrons. The zero-order valence-corrected chi connectivity index (χ0v) is 12.1. The topological polar surface area (TPSA) is 29.1 Å². The summed E-state index contributed by atoms with van der Waals surface area (Å²) in [6.45, 7) is 4.32. The van der Waals surface area contributed by atoms with E-state index in [0.29, 0.717) is 6.04 Å². The second-order valence-electron chi connectivity index (χ2n) is 5.62. The second-order valence-corrected chi connectivity index (χ2v) is 5.62. The lowest BCUT2D eigenvalue weighted by Crippen LogP contribution is -2.34. The van der Waals surface area contributed by atoms with Crippen molar-refractivity contribution in [3.05, 3.63) is 35.4 Å². The van der Waals surface area contributed by atoms with Gasteiger partial charge >= 0.3 is 0 Å². The molecule has 1 N–H and O–H groups in total. The van der Waals surface area contributed by atoms with Crippen LogP contribution < -0.4 is 5.32 Å². The van der Waals surface area contributed by atoms with Crippen molar-refractivity contribution < 1.29 is 4.79 Å². The van der Waals surface area contributed by atoms with Gasteiger partial charge in [0.05, 0.1) is 0 Å². The van der Waals surface area contributed by atoms with Gasteiger partial charge in [-0.1, -0.05) is 38.8 Å². The summed E-state index contributed by atoms with van der Waals surface area (Å²) in [5, 5.41) is 3.14. The van der Waals surface area contributed by atoms with E-state index in [4.69, 9.17) is 0 Å². The summed E-state index contributed by atoms with van der Waals surface area (Å²) in [5.41, 5.74) is 2.17. The molecule has 1 amide bonds. The number of amides is 1. The largest absolute Gasteiger partial charge is 0.349 e. The zero-order valence-electron chi connectivity index (χ0n) is 12.1. The van der Waals surface area contributed by atoms with Crippen LogP contribution in [0.1, 0.15) is 74.2 Å². The van der Waals surface area contributed by atoms with E-state index in [0.717, 1.165) is 24.3 Å². The van der Waals surface area contributed by atoms with E-state index in [1.807, 2.05) is 12.1 Å². The molecule has 1 saturated carbocycles. The summed E-state index contributed by atoms with van der Waals surface area (Å²) >= 11 is 0. The molecule has 0 aromatic heterocycles. The molecule has 1 unspecified atom stereocenters. The number of hydrogen-bond donors (Lipinski definition) is 1. The van der Waals surface area contributed by atoms with Gasteiger partial charge in [0.25, 0.3) is 5.91 Å². The standard InChI is InChI=1S/C17H25NO/c1-3-5-6-16(4-2)18-17(19)15-11-9-14(10-12-15)13-7-8-13/h9-13,16H,3-8H2,1-2H3,(H,18,19). The Labute approximate surface area is 116 Å². The lowest BCUT2D eigenvalue weighted by molar-refractivity contribution is 0.0933. The van der Waals surface area contributed by atoms with Crippen molar-refractivity contribution in [2.45, 2.75) is 64.3 Å². The van der Waals surface area contributed by atoms with Gasteiger partial charge in [0.15, 0.2) is 0 Å². The Bertz CT molecular complexity index is 406. The Kier molecular flexibility index (Phi) is 5.00. The van der Waals surface area contributed by atoms with Crippen LogP contribution in [0.4, 0.5) is 0 Å². The van der Waals surface area contributed by atoms with E-state index in [2.05, 4.69) is 31.3 Å². The van der Waals surface area contributed by atoms with E-state index >= 15 is 0 Å². The molecule has 1 aromatic rings. The number of unbranched alkanes of at least 4 members (excludes halogenated alkanes) is 1. The molecule has 1 aromatic carbocycles. The Morgan fingerprint density at radius 1 is 1.26 bits per heavy atom. The third kappa shape index (κ3) is 4.09. The molecule has 0 saturated heterocycles. The van der Waals surface area contributed by atoms with Crippen molar-refractivity contribution >= 4 is 5.91 Å². The van der Waals surface area contributed by atoms with Crippen LogP contribution in [0.15, 0.2) is 24.3 Å². The van der Waals surface area contributed by atoms with E-state index in [9.17, 15) is 4.79 Å². The Balaban J connectivity index is 1.90. The van der Waals surface area contributed by atoms with Gasteiger partial charge in [-0.15, -0.1) is 0 Å². The van der Waals surface area contributed by atoms with Crippen LogP contribution in [-0.4, -0.2) is 11.9 Å². The molecule has 2 rings (SSSR count). The first-order valence-electron chi connectivity index (χ1n) is 7.65. The number of hydrogen-bond acceptors (Lipinski definition) is 1. The monoisotopic (exact) mass is 259 g/mol. The summed E-state index contributed by atoms with van der Waals surface area (Å²) in [7, 11) is 0. The molecule has 0 aliphatic heterocycles. The highest BCUT2D eigenvalue weighted by Crippen LogP contribution is 2.39. The van der Waals surface area contributed by atoms with Gasteiger partial charge in [-0.25, -0.2) is 0 Å². The number of carbonyl (C=O) groups excluding carboxylic acids is 1. The van der Waals surface area contributed by atoms with Gasteiger partial charge in [-0.3, -0.25) is 4.79 Å². The van der Waals surface area contributed by atoms with Gasteiger partial charge in [0.1, 0.15) is 0 Å².